The first kappa shape index (κ1) is 20.6. The molecule has 3 aromatic rings. The number of aromatic nitrogens is 2. The Labute approximate surface area is 174 Å². The highest BCUT2D eigenvalue weighted by molar-refractivity contribution is 6.21. The Morgan fingerprint density at radius 2 is 1.86 bits per heavy atom. The summed E-state index contributed by atoms with van der Waals surface area (Å²) in [6.45, 7) is 0.779. The number of carbonyl (C=O) groups excluding carboxylic acids is 1. The highest BCUT2D eigenvalue weighted by Crippen LogP contribution is 2.21. The van der Waals surface area contributed by atoms with Crippen LogP contribution in [0.2, 0.25) is 0 Å². The Bertz CT molecular complexity index is 972. The van der Waals surface area contributed by atoms with Gasteiger partial charge in [-0.1, -0.05) is 54.6 Å². The van der Waals surface area contributed by atoms with E-state index in [1.165, 1.54) is 7.11 Å². The van der Waals surface area contributed by atoms with Crippen molar-refractivity contribution < 1.29 is 9.53 Å². The number of nitrogens with zero attached hydrogens (tertiary/aromatic N) is 3. The van der Waals surface area contributed by atoms with Crippen LogP contribution in [-0.4, -0.2) is 33.1 Å². The fraction of sp³-hybridized carbons (Fsp3) is 0.190. The topological polar surface area (TPSA) is 97.2 Å². The maximum Gasteiger partial charge on any atom is 0.272 e. The minimum Gasteiger partial charge on any atom is -0.384 e. The lowest BCUT2D eigenvalue weighted by atomic mass is 10.1. The molecule has 3 rings (SSSR count). The lowest BCUT2D eigenvalue weighted by Crippen LogP contribution is -2.29. The molecule has 1 amide bonds. The molecule has 0 aliphatic rings. The molecule has 0 saturated heterocycles. The number of nitrogen functional groups attached to an aromatic ring is 1. The first-order valence-electron chi connectivity index (χ1n) is 8.98. The summed E-state index contributed by atoms with van der Waals surface area (Å²) in [4.78, 5) is 12.8. The molecule has 0 aliphatic heterocycles. The van der Waals surface area contributed by atoms with Crippen LogP contribution in [0.25, 0.3) is 0 Å². The third-order valence-corrected chi connectivity index (χ3v) is 4.69. The van der Waals surface area contributed by atoms with Gasteiger partial charge >= 0.3 is 0 Å². The maximum atomic E-state index is 12.8. The van der Waals surface area contributed by atoms with Crippen LogP contribution in [0.4, 0.5) is 0 Å². The van der Waals surface area contributed by atoms with Crippen LogP contribution in [-0.2, 0) is 22.6 Å². The van der Waals surface area contributed by atoms with E-state index >= 15 is 0 Å². The molecular formula is C21H22ClN5O2. The van der Waals surface area contributed by atoms with Crippen LogP contribution < -0.4 is 5.73 Å². The van der Waals surface area contributed by atoms with Crippen LogP contribution >= 0.6 is 11.8 Å². The largest absolute Gasteiger partial charge is 0.384 e. The molecule has 1 unspecified atom stereocenters. The fourth-order valence-electron chi connectivity index (χ4n) is 2.88. The number of ether oxygens (including phenoxy) is 1. The summed E-state index contributed by atoms with van der Waals surface area (Å²) in [7, 11) is 1.45. The Morgan fingerprint density at radius 3 is 2.48 bits per heavy atom. The number of carbonyl (C=O) groups is 1. The monoisotopic (exact) mass is 411 g/mol. The van der Waals surface area contributed by atoms with Gasteiger partial charge in [0.1, 0.15) is 11.5 Å². The van der Waals surface area contributed by atoms with Crippen LogP contribution in [0.3, 0.4) is 0 Å². The predicted octanol–water partition coefficient (Wildman–Crippen LogP) is 3.09. The zero-order valence-corrected chi connectivity index (χ0v) is 16.7. The summed E-state index contributed by atoms with van der Waals surface area (Å²) in [5.74, 6) is -0.421. The van der Waals surface area contributed by atoms with Gasteiger partial charge < -0.3 is 10.5 Å². The molecule has 1 heterocycles. The van der Waals surface area contributed by atoms with Crippen molar-refractivity contribution in [3.8, 4) is 0 Å². The molecule has 0 spiro atoms. The van der Waals surface area contributed by atoms with Gasteiger partial charge in [0, 0.05) is 30.6 Å². The minimum atomic E-state index is -0.902. The van der Waals surface area contributed by atoms with Gasteiger partial charge in [-0.3, -0.25) is 14.9 Å². The predicted molar refractivity (Wildman–Crippen MR) is 111 cm³/mol. The van der Waals surface area contributed by atoms with Crippen molar-refractivity contribution >= 4 is 23.5 Å². The molecule has 2 aromatic carbocycles. The number of benzene rings is 2. The Balaban J connectivity index is 1.67. The molecule has 0 radical (unpaired) electrons. The van der Waals surface area contributed by atoms with Crippen molar-refractivity contribution in [1.29, 1.82) is 5.41 Å². The zero-order chi connectivity index (χ0) is 20.8. The second kappa shape index (κ2) is 9.36. The number of nitrogens with one attached hydrogen (secondary N) is 1. The molecule has 29 heavy (non-hydrogen) atoms. The SMILES string of the molecule is COC(C(=O)N(Cl)Cc1ccc(C(=N)N)cc1)c1ccn(Cc2ccccc2)n1. The van der Waals surface area contributed by atoms with Crippen molar-refractivity contribution in [2.75, 3.05) is 7.11 Å². The van der Waals surface area contributed by atoms with Gasteiger partial charge in [0.05, 0.1) is 13.1 Å². The third-order valence-electron chi connectivity index (χ3n) is 4.40. The molecule has 0 aliphatic carbocycles. The Hall–Kier alpha value is -3.16. The van der Waals surface area contributed by atoms with Gasteiger partial charge in [-0.05, 0) is 17.2 Å². The Kier molecular flexibility index (Phi) is 6.64. The van der Waals surface area contributed by atoms with Crippen molar-refractivity contribution in [2.24, 2.45) is 5.73 Å². The number of amides is 1. The van der Waals surface area contributed by atoms with E-state index in [1.807, 2.05) is 30.3 Å². The van der Waals surface area contributed by atoms with Crippen LogP contribution in [0.15, 0.2) is 66.9 Å². The van der Waals surface area contributed by atoms with Crippen molar-refractivity contribution in [3.05, 3.63) is 89.2 Å². The third kappa shape index (κ3) is 5.22. The number of methoxy groups -OCH3 is 1. The van der Waals surface area contributed by atoms with E-state index in [0.717, 1.165) is 15.5 Å². The van der Waals surface area contributed by atoms with Gasteiger partial charge in [0.25, 0.3) is 5.91 Å². The quantitative estimate of drug-likeness (QED) is 0.338. The second-order valence-electron chi connectivity index (χ2n) is 6.51. The Morgan fingerprint density at radius 1 is 1.17 bits per heavy atom. The van der Waals surface area contributed by atoms with E-state index in [4.69, 9.17) is 27.7 Å². The van der Waals surface area contributed by atoms with E-state index < -0.39 is 12.0 Å². The smallest absolute Gasteiger partial charge is 0.272 e. The van der Waals surface area contributed by atoms with E-state index in [9.17, 15) is 4.79 Å². The van der Waals surface area contributed by atoms with Crippen LogP contribution in [0.1, 0.15) is 28.5 Å². The van der Waals surface area contributed by atoms with Gasteiger partial charge in [0.2, 0.25) is 0 Å². The van der Waals surface area contributed by atoms with Gasteiger partial charge in [-0.15, -0.1) is 0 Å². The number of hydrogen-bond acceptors (Lipinski definition) is 4. The normalized spacial score (nSPS) is 11.8. The molecule has 1 atom stereocenters. The second-order valence-corrected chi connectivity index (χ2v) is 6.92. The molecule has 1 aromatic heterocycles. The molecule has 0 fully saturated rings. The first-order chi connectivity index (χ1) is 14.0. The van der Waals surface area contributed by atoms with E-state index in [-0.39, 0.29) is 12.4 Å². The van der Waals surface area contributed by atoms with Gasteiger partial charge in [-0.25, -0.2) is 4.42 Å². The molecule has 0 bridgehead atoms. The lowest BCUT2D eigenvalue weighted by molar-refractivity contribution is -0.138. The highest BCUT2D eigenvalue weighted by Gasteiger charge is 2.27. The van der Waals surface area contributed by atoms with E-state index in [0.29, 0.717) is 17.8 Å². The summed E-state index contributed by atoms with van der Waals surface area (Å²) >= 11 is 6.23. The minimum absolute atomic E-state index is 0.0131. The molecule has 3 N–H and O–H groups in total. The van der Waals surface area contributed by atoms with Gasteiger partial charge in [-0.2, -0.15) is 5.10 Å². The molecule has 150 valence electrons. The number of amidine groups is 1. The number of nitrogens with two attached hydrogens (primary N) is 1. The average molecular weight is 412 g/mol. The molecular weight excluding hydrogens is 390 g/mol. The van der Waals surface area contributed by atoms with E-state index in [2.05, 4.69) is 5.10 Å². The average Bonchev–Trinajstić information content (AvgIpc) is 3.17. The summed E-state index contributed by atoms with van der Waals surface area (Å²) < 4.78 is 8.20. The molecule has 0 saturated carbocycles. The van der Waals surface area contributed by atoms with E-state index in [1.54, 1.807) is 41.2 Å². The first-order valence-corrected chi connectivity index (χ1v) is 9.32. The van der Waals surface area contributed by atoms with Crippen LogP contribution in [0.5, 0.6) is 0 Å². The fourth-order valence-corrected chi connectivity index (χ4v) is 3.11. The molecule has 7 nitrogen and oxygen atoms in total. The van der Waals surface area contributed by atoms with Crippen molar-refractivity contribution in [3.63, 3.8) is 0 Å². The summed E-state index contributed by atoms with van der Waals surface area (Å²) in [5, 5.41) is 11.9. The standard InChI is InChI=1S/C21H22ClN5O2/c1-29-19(18-11-12-26(25-18)13-15-5-3-2-4-6-15)21(28)27(22)14-16-7-9-17(10-8-16)20(23)24/h2-12,19H,13-14H2,1H3,(H3,23,24). The van der Waals surface area contributed by atoms with Crippen molar-refractivity contribution in [1.82, 2.24) is 14.2 Å². The van der Waals surface area contributed by atoms with Gasteiger partial charge in [0.15, 0.2) is 6.10 Å². The van der Waals surface area contributed by atoms with Crippen LogP contribution in [0, 0.1) is 5.41 Å². The number of halogens is 1. The van der Waals surface area contributed by atoms with Crippen molar-refractivity contribution in [2.45, 2.75) is 19.2 Å². The molecule has 8 heteroatoms. The highest BCUT2D eigenvalue weighted by atomic mass is 35.5. The maximum absolute atomic E-state index is 12.8. The number of hydrogen-bond donors (Lipinski definition) is 2. The lowest BCUT2D eigenvalue weighted by Gasteiger charge is -2.19. The zero-order valence-electron chi connectivity index (χ0n) is 16.0. The summed E-state index contributed by atoms with van der Waals surface area (Å²) in [6.07, 6.45) is 0.904. The summed E-state index contributed by atoms with van der Waals surface area (Å²) in [6, 6.07) is 18.6. The number of rotatable bonds is 8. The summed E-state index contributed by atoms with van der Waals surface area (Å²) in [5.41, 5.74) is 8.47.